The standard InChI is InChI=1S/C15H19NO3S/c1-3-16-15(9-12-7-8-19-11-12)13-5-4-6-14(10-13)20(2,17)18/h4-8,10-11,15-16H,3,9H2,1-2H3. The minimum absolute atomic E-state index is 0.0688. The van der Waals surface area contributed by atoms with Gasteiger partial charge in [0.2, 0.25) is 0 Å². The van der Waals surface area contributed by atoms with Crippen LogP contribution in [-0.2, 0) is 16.3 Å². The average molecular weight is 293 g/mol. The molecule has 2 rings (SSSR count). The summed E-state index contributed by atoms with van der Waals surface area (Å²) in [6.07, 6.45) is 5.35. The predicted molar refractivity (Wildman–Crippen MR) is 78.4 cm³/mol. The molecular weight excluding hydrogens is 274 g/mol. The van der Waals surface area contributed by atoms with E-state index in [1.807, 2.05) is 19.1 Å². The molecule has 1 atom stereocenters. The van der Waals surface area contributed by atoms with Crippen LogP contribution in [-0.4, -0.2) is 21.2 Å². The molecule has 5 heteroatoms. The highest BCUT2D eigenvalue weighted by molar-refractivity contribution is 7.90. The van der Waals surface area contributed by atoms with Gasteiger partial charge in [0.05, 0.1) is 17.4 Å². The Morgan fingerprint density at radius 2 is 2.10 bits per heavy atom. The fourth-order valence-corrected chi connectivity index (χ4v) is 2.84. The minimum atomic E-state index is -3.18. The molecule has 1 aromatic carbocycles. The summed E-state index contributed by atoms with van der Waals surface area (Å²) in [4.78, 5) is 0.352. The van der Waals surface area contributed by atoms with E-state index in [4.69, 9.17) is 4.42 Å². The minimum Gasteiger partial charge on any atom is -0.472 e. The number of rotatable bonds is 6. The van der Waals surface area contributed by atoms with Crippen LogP contribution in [0.3, 0.4) is 0 Å². The lowest BCUT2D eigenvalue weighted by Crippen LogP contribution is -2.23. The van der Waals surface area contributed by atoms with Gasteiger partial charge in [0, 0.05) is 12.3 Å². The number of sulfone groups is 1. The van der Waals surface area contributed by atoms with Crippen molar-refractivity contribution in [2.24, 2.45) is 0 Å². The molecule has 108 valence electrons. The molecule has 2 aromatic rings. The van der Waals surface area contributed by atoms with Crippen LogP contribution in [0.1, 0.15) is 24.1 Å². The number of nitrogens with one attached hydrogen (secondary N) is 1. The first-order chi connectivity index (χ1) is 9.50. The monoisotopic (exact) mass is 293 g/mol. The van der Waals surface area contributed by atoms with Crippen LogP contribution < -0.4 is 5.32 Å². The van der Waals surface area contributed by atoms with E-state index in [1.165, 1.54) is 6.26 Å². The van der Waals surface area contributed by atoms with Gasteiger partial charge in [-0.2, -0.15) is 0 Å². The number of furan rings is 1. The maximum absolute atomic E-state index is 11.6. The molecule has 0 saturated heterocycles. The van der Waals surface area contributed by atoms with Crippen molar-refractivity contribution in [2.75, 3.05) is 12.8 Å². The zero-order chi connectivity index (χ0) is 14.6. The van der Waals surface area contributed by atoms with Gasteiger partial charge < -0.3 is 9.73 Å². The first-order valence-corrected chi connectivity index (χ1v) is 8.44. The summed E-state index contributed by atoms with van der Waals surface area (Å²) in [5.41, 5.74) is 2.05. The molecule has 1 heterocycles. The maximum Gasteiger partial charge on any atom is 0.175 e. The zero-order valence-corrected chi connectivity index (χ0v) is 12.5. The summed E-state index contributed by atoms with van der Waals surface area (Å²) in [5.74, 6) is 0. The second-order valence-electron chi connectivity index (χ2n) is 4.79. The van der Waals surface area contributed by atoms with E-state index in [9.17, 15) is 8.42 Å². The summed E-state index contributed by atoms with van der Waals surface area (Å²) >= 11 is 0. The molecule has 20 heavy (non-hydrogen) atoms. The molecular formula is C15H19NO3S. The summed E-state index contributed by atoms with van der Waals surface area (Å²) in [5, 5.41) is 3.38. The molecule has 4 nitrogen and oxygen atoms in total. The van der Waals surface area contributed by atoms with Gasteiger partial charge in [-0.3, -0.25) is 0 Å². The molecule has 0 fully saturated rings. The first-order valence-electron chi connectivity index (χ1n) is 6.55. The van der Waals surface area contributed by atoms with E-state index in [-0.39, 0.29) is 6.04 Å². The van der Waals surface area contributed by atoms with Gasteiger partial charge in [-0.1, -0.05) is 19.1 Å². The van der Waals surface area contributed by atoms with Crippen LogP contribution in [0.2, 0.25) is 0 Å². The summed E-state index contributed by atoms with van der Waals surface area (Å²) in [7, 11) is -3.18. The Bertz CT molecular complexity index is 648. The van der Waals surface area contributed by atoms with Crippen molar-refractivity contribution in [3.8, 4) is 0 Å². The third-order valence-corrected chi connectivity index (χ3v) is 4.27. The first kappa shape index (κ1) is 14.8. The number of benzene rings is 1. The van der Waals surface area contributed by atoms with E-state index in [0.717, 1.165) is 24.1 Å². The van der Waals surface area contributed by atoms with Crippen molar-refractivity contribution in [2.45, 2.75) is 24.3 Å². The zero-order valence-electron chi connectivity index (χ0n) is 11.7. The second kappa shape index (κ2) is 6.24. The van der Waals surface area contributed by atoms with Crippen LogP contribution in [0.4, 0.5) is 0 Å². The normalized spacial score (nSPS) is 13.3. The Balaban J connectivity index is 2.29. The van der Waals surface area contributed by atoms with Crippen molar-refractivity contribution in [3.05, 3.63) is 54.0 Å². The van der Waals surface area contributed by atoms with Gasteiger partial charge in [-0.05, 0) is 42.3 Å². The van der Waals surface area contributed by atoms with Crippen LogP contribution in [0, 0.1) is 0 Å². The molecule has 0 bridgehead atoms. The molecule has 0 saturated carbocycles. The molecule has 0 aliphatic heterocycles. The largest absolute Gasteiger partial charge is 0.472 e. The van der Waals surface area contributed by atoms with E-state index >= 15 is 0 Å². The van der Waals surface area contributed by atoms with E-state index in [0.29, 0.717) is 4.90 Å². The fraction of sp³-hybridized carbons (Fsp3) is 0.333. The van der Waals surface area contributed by atoms with Crippen molar-refractivity contribution in [1.82, 2.24) is 5.32 Å². The summed E-state index contributed by atoms with van der Waals surface area (Å²) in [6, 6.07) is 9.08. The molecule has 0 amide bonds. The van der Waals surface area contributed by atoms with Crippen molar-refractivity contribution in [1.29, 1.82) is 0 Å². The fourth-order valence-electron chi connectivity index (χ4n) is 2.16. The van der Waals surface area contributed by atoms with Crippen molar-refractivity contribution < 1.29 is 12.8 Å². The Morgan fingerprint density at radius 3 is 2.70 bits per heavy atom. The van der Waals surface area contributed by atoms with Gasteiger partial charge in [0.1, 0.15) is 0 Å². The third kappa shape index (κ3) is 3.71. The highest BCUT2D eigenvalue weighted by Crippen LogP contribution is 2.21. The number of hydrogen-bond donors (Lipinski definition) is 1. The quantitative estimate of drug-likeness (QED) is 0.889. The highest BCUT2D eigenvalue weighted by atomic mass is 32.2. The molecule has 1 N–H and O–H groups in total. The summed E-state index contributed by atoms with van der Waals surface area (Å²) in [6.45, 7) is 2.84. The third-order valence-electron chi connectivity index (χ3n) is 3.16. The van der Waals surface area contributed by atoms with Gasteiger partial charge in [-0.25, -0.2) is 8.42 Å². The van der Waals surface area contributed by atoms with Crippen LogP contribution >= 0.6 is 0 Å². The topological polar surface area (TPSA) is 59.3 Å². The lowest BCUT2D eigenvalue weighted by molar-refractivity contribution is 0.534. The average Bonchev–Trinajstić information content (AvgIpc) is 2.90. The van der Waals surface area contributed by atoms with Crippen LogP contribution in [0.5, 0.6) is 0 Å². The Labute approximate surface area is 119 Å². The van der Waals surface area contributed by atoms with Crippen molar-refractivity contribution >= 4 is 9.84 Å². The summed E-state index contributed by atoms with van der Waals surface area (Å²) < 4.78 is 28.4. The Kier molecular flexibility index (Phi) is 4.62. The van der Waals surface area contributed by atoms with Gasteiger partial charge >= 0.3 is 0 Å². The highest BCUT2D eigenvalue weighted by Gasteiger charge is 2.15. The lowest BCUT2D eigenvalue weighted by atomic mass is 10.0. The second-order valence-corrected chi connectivity index (χ2v) is 6.81. The molecule has 0 spiro atoms. The van der Waals surface area contributed by atoms with Gasteiger partial charge in [-0.15, -0.1) is 0 Å². The van der Waals surface area contributed by atoms with E-state index < -0.39 is 9.84 Å². The smallest absolute Gasteiger partial charge is 0.175 e. The lowest BCUT2D eigenvalue weighted by Gasteiger charge is -2.18. The predicted octanol–water partition coefficient (Wildman–Crippen LogP) is 2.58. The van der Waals surface area contributed by atoms with Crippen LogP contribution in [0.25, 0.3) is 0 Å². The SMILES string of the molecule is CCNC(Cc1ccoc1)c1cccc(S(C)(=O)=O)c1. The van der Waals surface area contributed by atoms with Crippen LogP contribution in [0.15, 0.2) is 52.2 Å². The molecule has 1 aromatic heterocycles. The number of likely N-dealkylation sites (N-methyl/N-ethyl adjacent to an activating group) is 1. The van der Waals surface area contributed by atoms with E-state index in [2.05, 4.69) is 5.32 Å². The van der Waals surface area contributed by atoms with Gasteiger partial charge in [0.15, 0.2) is 9.84 Å². The Hall–Kier alpha value is -1.59. The van der Waals surface area contributed by atoms with Gasteiger partial charge in [0.25, 0.3) is 0 Å². The maximum atomic E-state index is 11.6. The van der Waals surface area contributed by atoms with E-state index in [1.54, 1.807) is 30.7 Å². The Morgan fingerprint density at radius 1 is 1.30 bits per heavy atom. The molecule has 0 aliphatic carbocycles. The molecule has 1 unspecified atom stereocenters. The number of hydrogen-bond acceptors (Lipinski definition) is 4. The molecule has 0 radical (unpaired) electrons. The molecule has 0 aliphatic rings. The van der Waals surface area contributed by atoms with Crippen molar-refractivity contribution in [3.63, 3.8) is 0 Å².